The van der Waals surface area contributed by atoms with E-state index in [4.69, 9.17) is 15.0 Å². The molecule has 0 aliphatic rings. The van der Waals surface area contributed by atoms with E-state index >= 15 is 0 Å². The van der Waals surface area contributed by atoms with Crippen LogP contribution in [-0.4, -0.2) is 11.7 Å². The Kier molecular flexibility index (Phi) is 3.88. The molecule has 1 heterocycles. The highest BCUT2D eigenvalue weighted by Gasteiger charge is 2.13. The minimum absolute atomic E-state index is 0.0793. The van der Waals surface area contributed by atoms with Crippen LogP contribution in [0.25, 0.3) is 0 Å². The molecule has 4 nitrogen and oxygen atoms in total. The van der Waals surface area contributed by atoms with E-state index in [1.165, 1.54) is 18.3 Å². The average molecular weight is 254 g/mol. The summed E-state index contributed by atoms with van der Waals surface area (Å²) in [6, 6.07) is 3.98. The lowest BCUT2D eigenvalue weighted by Crippen LogP contribution is -2.05. The Hall–Kier alpha value is -1.95. The minimum Gasteiger partial charge on any atom is -0.479 e. The summed E-state index contributed by atoms with van der Waals surface area (Å²) >= 11 is 0. The largest absolute Gasteiger partial charge is 0.479 e. The molecule has 18 heavy (non-hydrogen) atoms. The molecule has 0 radical (unpaired) electrons. The molecule has 0 fully saturated rings. The van der Waals surface area contributed by atoms with Gasteiger partial charge in [-0.1, -0.05) is 5.16 Å². The fourth-order valence-corrected chi connectivity index (χ4v) is 1.52. The van der Waals surface area contributed by atoms with E-state index in [2.05, 4.69) is 5.16 Å². The van der Waals surface area contributed by atoms with Crippen molar-refractivity contribution in [1.82, 2.24) is 5.16 Å². The summed E-state index contributed by atoms with van der Waals surface area (Å²) in [7, 11) is 0. The van der Waals surface area contributed by atoms with Crippen LogP contribution in [0, 0.1) is 11.6 Å². The first-order valence-electron chi connectivity index (χ1n) is 5.41. The summed E-state index contributed by atoms with van der Waals surface area (Å²) < 4.78 is 37.0. The highest BCUT2D eigenvalue weighted by atomic mass is 19.1. The smallest absolute Gasteiger partial charge is 0.191 e. The van der Waals surface area contributed by atoms with Gasteiger partial charge in [-0.05, 0) is 30.7 Å². The molecule has 0 bridgehead atoms. The second-order valence-electron chi connectivity index (χ2n) is 3.69. The molecule has 6 heteroatoms. The van der Waals surface area contributed by atoms with E-state index in [9.17, 15) is 8.78 Å². The molecule has 96 valence electrons. The van der Waals surface area contributed by atoms with E-state index in [-0.39, 0.29) is 6.61 Å². The van der Waals surface area contributed by atoms with Crippen LogP contribution in [0.2, 0.25) is 0 Å². The zero-order valence-electron chi connectivity index (χ0n) is 9.53. The fraction of sp³-hybridized carbons (Fsp3) is 0.250. The van der Waals surface area contributed by atoms with Gasteiger partial charge in [0.05, 0.1) is 6.20 Å². The number of benzene rings is 1. The van der Waals surface area contributed by atoms with Gasteiger partial charge in [-0.2, -0.15) is 0 Å². The molecule has 0 spiro atoms. The van der Waals surface area contributed by atoms with Crippen LogP contribution >= 0.6 is 0 Å². The van der Waals surface area contributed by atoms with Crippen molar-refractivity contribution in [2.45, 2.75) is 13.0 Å². The number of rotatable bonds is 5. The lowest BCUT2D eigenvalue weighted by molar-refractivity contribution is 0.230. The normalized spacial score (nSPS) is 10.6. The molecule has 0 atom stereocenters. The van der Waals surface area contributed by atoms with Gasteiger partial charge in [0.1, 0.15) is 6.61 Å². The first-order chi connectivity index (χ1) is 8.70. The third kappa shape index (κ3) is 2.84. The highest BCUT2D eigenvalue weighted by molar-refractivity contribution is 5.31. The van der Waals surface area contributed by atoms with Crippen molar-refractivity contribution in [3.8, 4) is 5.75 Å². The van der Waals surface area contributed by atoms with Crippen LogP contribution in [-0.2, 0) is 13.0 Å². The van der Waals surface area contributed by atoms with E-state index in [0.717, 1.165) is 0 Å². The average Bonchev–Trinajstić information content (AvgIpc) is 2.81. The molecule has 2 rings (SSSR count). The van der Waals surface area contributed by atoms with Crippen molar-refractivity contribution < 1.29 is 18.0 Å². The second kappa shape index (κ2) is 5.59. The van der Waals surface area contributed by atoms with Crippen molar-refractivity contribution in [1.29, 1.82) is 0 Å². The Labute approximate surface area is 102 Å². The molecule has 0 aliphatic heterocycles. The molecule has 0 saturated carbocycles. The molecule has 0 amide bonds. The number of aromatic nitrogens is 1. The molecule has 1 aromatic carbocycles. The van der Waals surface area contributed by atoms with Crippen LogP contribution < -0.4 is 10.5 Å². The van der Waals surface area contributed by atoms with E-state index in [1.54, 1.807) is 6.07 Å². The van der Waals surface area contributed by atoms with Crippen molar-refractivity contribution in [3.05, 3.63) is 47.4 Å². The zero-order chi connectivity index (χ0) is 13.0. The van der Waals surface area contributed by atoms with Gasteiger partial charge in [0, 0.05) is 6.07 Å². The van der Waals surface area contributed by atoms with Gasteiger partial charge in [0.15, 0.2) is 23.1 Å². The third-order valence-corrected chi connectivity index (χ3v) is 2.34. The number of hydrogen-bond acceptors (Lipinski definition) is 4. The first kappa shape index (κ1) is 12.5. The molecular formula is C12H12F2N2O2. The summed E-state index contributed by atoms with van der Waals surface area (Å²) in [6.07, 6.45) is 1.84. The number of hydrogen-bond donors (Lipinski definition) is 1. The van der Waals surface area contributed by atoms with Gasteiger partial charge in [-0.25, -0.2) is 8.78 Å². The standard InChI is InChI=1S/C12H12F2N2O2/c13-10-5-8(1-3-15)6-11(14)12(10)17-7-9-2-4-16-18-9/h2,4-6H,1,3,7,15H2. The monoisotopic (exact) mass is 254 g/mol. The van der Waals surface area contributed by atoms with Gasteiger partial charge >= 0.3 is 0 Å². The summed E-state index contributed by atoms with van der Waals surface area (Å²) in [4.78, 5) is 0. The number of nitrogens with zero attached hydrogens (tertiary/aromatic N) is 1. The topological polar surface area (TPSA) is 61.3 Å². The Morgan fingerprint density at radius 3 is 2.56 bits per heavy atom. The maximum Gasteiger partial charge on any atom is 0.191 e. The van der Waals surface area contributed by atoms with Crippen LogP contribution in [0.5, 0.6) is 5.75 Å². The lowest BCUT2D eigenvalue weighted by atomic mass is 10.1. The maximum atomic E-state index is 13.6. The summed E-state index contributed by atoms with van der Waals surface area (Å²) in [5, 5.41) is 3.46. The molecule has 2 N–H and O–H groups in total. The predicted molar refractivity (Wildman–Crippen MR) is 60.0 cm³/mol. The second-order valence-corrected chi connectivity index (χ2v) is 3.69. The van der Waals surface area contributed by atoms with Crippen LogP contribution in [0.3, 0.4) is 0 Å². The number of halogens is 2. The van der Waals surface area contributed by atoms with Crippen LogP contribution in [0.15, 0.2) is 28.9 Å². The number of ether oxygens (including phenoxy) is 1. The fourth-order valence-electron chi connectivity index (χ4n) is 1.52. The van der Waals surface area contributed by atoms with E-state index < -0.39 is 17.4 Å². The Bertz CT molecular complexity index is 492. The van der Waals surface area contributed by atoms with Crippen molar-refractivity contribution >= 4 is 0 Å². The van der Waals surface area contributed by atoms with Gasteiger partial charge in [0.25, 0.3) is 0 Å². The van der Waals surface area contributed by atoms with Crippen molar-refractivity contribution in [2.24, 2.45) is 5.73 Å². The van der Waals surface area contributed by atoms with Crippen LogP contribution in [0.4, 0.5) is 8.78 Å². The quantitative estimate of drug-likeness (QED) is 0.886. The highest BCUT2D eigenvalue weighted by Crippen LogP contribution is 2.24. The SMILES string of the molecule is NCCc1cc(F)c(OCc2ccno2)c(F)c1. The van der Waals surface area contributed by atoms with Crippen molar-refractivity contribution in [3.63, 3.8) is 0 Å². The van der Waals surface area contributed by atoms with Gasteiger partial charge in [-0.15, -0.1) is 0 Å². The number of nitrogens with two attached hydrogens (primary N) is 1. The Morgan fingerprint density at radius 2 is 2.00 bits per heavy atom. The van der Waals surface area contributed by atoms with Gasteiger partial charge < -0.3 is 15.0 Å². The minimum atomic E-state index is -0.752. The molecule has 0 saturated heterocycles. The zero-order valence-corrected chi connectivity index (χ0v) is 9.53. The maximum absolute atomic E-state index is 13.6. The molecule has 0 unspecified atom stereocenters. The molecule has 0 aliphatic carbocycles. The van der Waals surface area contributed by atoms with E-state index in [0.29, 0.717) is 24.3 Å². The lowest BCUT2D eigenvalue weighted by Gasteiger charge is -2.08. The molecule has 1 aromatic heterocycles. The van der Waals surface area contributed by atoms with E-state index in [1.807, 2.05) is 0 Å². The third-order valence-electron chi connectivity index (χ3n) is 2.34. The first-order valence-corrected chi connectivity index (χ1v) is 5.41. The van der Waals surface area contributed by atoms with Gasteiger partial charge in [0.2, 0.25) is 0 Å². The Morgan fingerprint density at radius 1 is 1.28 bits per heavy atom. The summed E-state index contributed by atoms with van der Waals surface area (Å²) in [5.74, 6) is -1.54. The molecule has 2 aromatic rings. The molecular weight excluding hydrogens is 242 g/mol. The Balaban J connectivity index is 2.12. The van der Waals surface area contributed by atoms with Crippen molar-refractivity contribution in [2.75, 3.05) is 6.54 Å². The van der Waals surface area contributed by atoms with Crippen LogP contribution in [0.1, 0.15) is 11.3 Å². The summed E-state index contributed by atoms with van der Waals surface area (Å²) in [6.45, 7) is 0.251. The summed E-state index contributed by atoms with van der Waals surface area (Å²) in [5.41, 5.74) is 5.83. The predicted octanol–water partition coefficient (Wildman–Crippen LogP) is 2.03. The van der Waals surface area contributed by atoms with Gasteiger partial charge in [-0.3, -0.25) is 0 Å².